The zero-order valence-corrected chi connectivity index (χ0v) is 17.6. The molecule has 0 N–H and O–H groups in total. The zero-order valence-electron chi connectivity index (χ0n) is 15.0. The third-order valence-electron chi connectivity index (χ3n) is 4.12. The van der Waals surface area contributed by atoms with Gasteiger partial charge in [-0.25, -0.2) is 4.79 Å². The molecule has 1 aromatic carbocycles. The van der Waals surface area contributed by atoms with Crippen LogP contribution in [0.1, 0.15) is 40.2 Å². The third kappa shape index (κ3) is 5.60. The van der Waals surface area contributed by atoms with Gasteiger partial charge in [0, 0.05) is 20.0 Å². The van der Waals surface area contributed by atoms with Gasteiger partial charge in [-0.2, -0.15) is 0 Å². The molecule has 2 rings (SSSR count). The maximum absolute atomic E-state index is 12.1. The smallest absolute Gasteiger partial charge is 0.338 e. The van der Waals surface area contributed by atoms with Gasteiger partial charge in [0.25, 0.3) is 0 Å². The maximum Gasteiger partial charge on any atom is 0.338 e. The summed E-state index contributed by atoms with van der Waals surface area (Å²) in [5.74, 6) is 0.878. The van der Waals surface area contributed by atoms with Crippen LogP contribution in [0.3, 0.4) is 0 Å². The highest BCUT2D eigenvalue weighted by Crippen LogP contribution is 2.44. The minimum Gasteiger partial charge on any atom is -0.468 e. The first-order valence-corrected chi connectivity index (χ1v) is 13.2. The molecule has 0 heterocycles. The molecule has 1 aromatic rings. The fraction of sp³-hybridized carbons (Fsp3) is 0.611. The van der Waals surface area contributed by atoms with E-state index >= 15 is 0 Å². The van der Waals surface area contributed by atoms with Gasteiger partial charge in [0.05, 0.1) is 12.7 Å². The van der Waals surface area contributed by atoms with E-state index in [4.69, 9.17) is 14.2 Å². The van der Waals surface area contributed by atoms with Crippen molar-refractivity contribution in [3.05, 3.63) is 28.8 Å². The number of rotatable bonds is 9. The first-order valence-electron chi connectivity index (χ1n) is 8.37. The number of alkyl halides is 1. The second-order valence-corrected chi connectivity index (χ2v) is 13.6. The number of carbonyl (C=O) groups is 1. The summed E-state index contributed by atoms with van der Waals surface area (Å²) in [5, 5.41) is 0.635. The molecule has 1 saturated carbocycles. The molecule has 0 aliphatic heterocycles. The second kappa shape index (κ2) is 8.49. The largest absolute Gasteiger partial charge is 0.468 e. The molecule has 1 aliphatic rings. The molecule has 0 atom stereocenters. The van der Waals surface area contributed by atoms with Gasteiger partial charge in [-0.05, 0) is 48.1 Å². The molecule has 0 radical (unpaired) electrons. The Hall–Kier alpha value is -0.853. The van der Waals surface area contributed by atoms with Crippen LogP contribution in [0.4, 0.5) is 0 Å². The lowest BCUT2D eigenvalue weighted by Gasteiger charge is -2.17. The third-order valence-corrected chi connectivity index (χ3v) is 6.38. The van der Waals surface area contributed by atoms with Crippen LogP contribution < -0.4 is 4.74 Å². The van der Waals surface area contributed by atoms with E-state index in [9.17, 15) is 4.79 Å². The van der Waals surface area contributed by atoms with E-state index in [2.05, 4.69) is 35.6 Å². The first-order chi connectivity index (χ1) is 11.4. The van der Waals surface area contributed by atoms with Crippen molar-refractivity contribution in [3.8, 4) is 5.75 Å². The van der Waals surface area contributed by atoms with Crippen molar-refractivity contribution in [2.75, 3.05) is 20.5 Å². The van der Waals surface area contributed by atoms with Crippen LogP contribution in [0, 0.1) is 0 Å². The lowest BCUT2D eigenvalue weighted by molar-refractivity contribution is 0.0218. The molecule has 4 nitrogen and oxygen atoms in total. The van der Waals surface area contributed by atoms with Gasteiger partial charge in [0.2, 0.25) is 0 Å². The number of carbonyl (C=O) groups excluding carboxylic acids is 1. The molecule has 24 heavy (non-hydrogen) atoms. The Kier molecular flexibility index (Phi) is 6.89. The molecule has 0 bridgehead atoms. The summed E-state index contributed by atoms with van der Waals surface area (Å²) in [4.78, 5) is 12.1. The predicted octanol–water partition coefficient (Wildman–Crippen LogP) is 4.94. The Labute approximate surface area is 154 Å². The first kappa shape index (κ1) is 19.5. The van der Waals surface area contributed by atoms with E-state index in [0.717, 1.165) is 24.4 Å². The van der Waals surface area contributed by atoms with Gasteiger partial charge in [0.1, 0.15) is 5.75 Å². The van der Waals surface area contributed by atoms with E-state index in [0.29, 0.717) is 29.2 Å². The summed E-state index contributed by atoms with van der Waals surface area (Å²) in [6.45, 7) is 7.89. The number of halogens is 1. The molecule has 0 spiro atoms. The summed E-state index contributed by atoms with van der Waals surface area (Å²) in [7, 11) is 0.317. The number of hydrogen-bond donors (Lipinski definition) is 0. The van der Waals surface area contributed by atoms with Gasteiger partial charge in [0.15, 0.2) is 6.79 Å². The minimum atomic E-state index is -1.09. The molecule has 0 saturated heterocycles. The Morgan fingerprint density at radius 2 is 2.00 bits per heavy atom. The van der Waals surface area contributed by atoms with Crippen LogP contribution in [0.15, 0.2) is 12.1 Å². The quantitative estimate of drug-likeness (QED) is 0.189. The van der Waals surface area contributed by atoms with Gasteiger partial charge >= 0.3 is 5.97 Å². The summed E-state index contributed by atoms with van der Waals surface area (Å²) in [5.41, 5.74) is 2.78. The van der Waals surface area contributed by atoms with Crippen LogP contribution in [0.2, 0.25) is 25.7 Å². The number of benzene rings is 1. The van der Waals surface area contributed by atoms with Crippen molar-refractivity contribution in [1.29, 1.82) is 0 Å². The molecule has 0 aromatic heterocycles. The molecular formula is C18H27BrO4Si. The molecule has 1 aliphatic carbocycles. The van der Waals surface area contributed by atoms with Crippen molar-refractivity contribution in [2.24, 2.45) is 0 Å². The van der Waals surface area contributed by atoms with Crippen LogP contribution >= 0.6 is 15.9 Å². The van der Waals surface area contributed by atoms with E-state index in [1.807, 2.05) is 6.07 Å². The standard InChI is InChI=1S/C18H27BrO4Si/c1-21-18(20)16-10-14(23-12-22-7-8-24(2,3)4)9-15(13-5-6-13)17(16)11-19/h9-10,13H,5-8,11-12H2,1-4H3. The maximum atomic E-state index is 12.1. The van der Waals surface area contributed by atoms with E-state index in [1.54, 1.807) is 6.07 Å². The molecule has 0 unspecified atom stereocenters. The van der Waals surface area contributed by atoms with Crippen LogP contribution in [0.25, 0.3) is 0 Å². The van der Waals surface area contributed by atoms with E-state index < -0.39 is 8.07 Å². The Balaban J connectivity index is 2.06. The zero-order chi connectivity index (χ0) is 17.7. The Morgan fingerprint density at radius 1 is 1.29 bits per heavy atom. The van der Waals surface area contributed by atoms with Crippen molar-refractivity contribution < 1.29 is 19.0 Å². The molecule has 6 heteroatoms. The second-order valence-electron chi connectivity index (χ2n) is 7.42. The van der Waals surface area contributed by atoms with E-state index in [1.165, 1.54) is 12.7 Å². The monoisotopic (exact) mass is 414 g/mol. The van der Waals surface area contributed by atoms with Gasteiger partial charge in [-0.1, -0.05) is 35.6 Å². The van der Waals surface area contributed by atoms with Crippen LogP contribution in [-0.2, 0) is 14.8 Å². The fourth-order valence-electron chi connectivity index (χ4n) is 2.50. The van der Waals surface area contributed by atoms with Crippen LogP contribution in [0.5, 0.6) is 5.75 Å². The number of ether oxygens (including phenoxy) is 3. The lowest BCUT2D eigenvalue weighted by Crippen LogP contribution is -2.22. The minimum absolute atomic E-state index is 0.211. The van der Waals surface area contributed by atoms with Gasteiger partial charge in [-0.15, -0.1) is 0 Å². The summed E-state index contributed by atoms with van der Waals surface area (Å²) in [6.07, 6.45) is 2.33. The van der Waals surface area contributed by atoms with Gasteiger partial charge < -0.3 is 14.2 Å². The van der Waals surface area contributed by atoms with Crippen LogP contribution in [-0.4, -0.2) is 34.6 Å². The molecular weight excluding hydrogens is 388 g/mol. The molecule has 0 amide bonds. The number of esters is 1. The number of hydrogen-bond acceptors (Lipinski definition) is 4. The lowest BCUT2D eigenvalue weighted by atomic mass is 9.98. The average Bonchev–Trinajstić information content (AvgIpc) is 3.36. The predicted molar refractivity (Wildman–Crippen MR) is 102 cm³/mol. The summed E-state index contributed by atoms with van der Waals surface area (Å²) >= 11 is 3.50. The highest BCUT2D eigenvalue weighted by atomic mass is 79.9. The Bertz CT molecular complexity index is 579. The summed E-state index contributed by atoms with van der Waals surface area (Å²) in [6, 6.07) is 4.92. The summed E-state index contributed by atoms with van der Waals surface area (Å²) < 4.78 is 16.3. The fourth-order valence-corrected chi connectivity index (χ4v) is 3.88. The molecule has 1 fully saturated rings. The SMILES string of the molecule is COC(=O)c1cc(OCOCC[Si](C)(C)C)cc(C2CC2)c1CBr. The van der Waals surface area contributed by atoms with Crippen molar-refractivity contribution in [2.45, 2.75) is 49.8 Å². The van der Waals surface area contributed by atoms with E-state index in [-0.39, 0.29) is 12.8 Å². The normalized spacial score (nSPS) is 14.5. The van der Waals surface area contributed by atoms with Crippen molar-refractivity contribution in [3.63, 3.8) is 0 Å². The highest BCUT2D eigenvalue weighted by Gasteiger charge is 2.29. The average molecular weight is 415 g/mol. The van der Waals surface area contributed by atoms with Gasteiger partial charge in [-0.3, -0.25) is 0 Å². The Morgan fingerprint density at radius 3 is 2.54 bits per heavy atom. The molecule has 134 valence electrons. The van der Waals surface area contributed by atoms with Crippen molar-refractivity contribution in [1.82, 2.24) is 0 Å². The number of methoxy groups -OCH3 is 1. The topological polar surface area (TPSA) is 44.8 Å². The highest BCUT2D eigenvalue weighted by molar-refractivity contribution is 9.08. The van der Waals surface area contributed by atoms with Crippen molar-refractivity contribution >= 4 is 30.0 Å².